The summed E-state index contributed by atoms with van der Waals surface area (Å²) in [5.74, 6) is 0.520. The highest BCUT2D eigenvalue weighted by atomic mass is 16.5. The van der Waals surface area contributed by atoms with Crippen molar-refractivity contribution in [2.45, 2.75) is 25.0 Å². The predicted molar refractivity (Wildman–Crippen MR) is 106 cm³/mol. The highest BCUT2D eigenvalue weighted by molar-refractivity contribution is 5.91. The summed E-state index contributed by atoms with van der Waals surface area (Å²) in [4.78, 5) is 27.7. The number of nitrogens with one attached hydrogen (secondary N) is 3. The molecule has 3 aromatic rings. The van der Waals surface area contributed by atoms with E-state index in [0.29, 0.717) is 11.4 Å². The van der Waals surface area contributed by atoms with E-state index in [-0.39, 0.29) is 18.1 Å². The van der Waals surface area contributed by atoms with Crippen LogP contribution in [0.1, 0.15) is 30.2 Å². The molecule has 2 aromatic heterocycles. The fraction of sp³-hybridized carbons (Fsp3) is 0.300. The van der Waals surface area contributed by atoms with Crippen LogP contribution < -0.4 is 15.4 Å². The number of nitrogens with zero attached hydrogens (tertiary/aromatic N) is 3. The van der Waals surface area contributed by atoms with Gasteiger partial charge in [0.05, 0.1) is 12.4 Å². The number of fused-ring (bicyclic) bond motifs is 1. The molecule has 28 heavy (non-hydrogen) atoms. The SMILES string of the molecule is CNC(=O)C=Cc1ccccc1O[C@@H](c1ncnc2nc[nH]c12)C1CCCN1. The summed E-state index contributed by atoms with van der Waals surface area (Å²) in [6.07, 6.45) is 8.12. The predicted octanol–water partition coefficient (Wildman–Crippen LogP) is 1.98. The van der Waals surface area contributed by atoms with Crippen molar-refractivity contribution in [1.29, 1.82) is 0 Å². The lowest BCUT2D eigenvalue weighted by atomic mass is 10.0. The molecule has 1 aliphatic heterocycles. The number of ether oxygens (including phenoxy) is 1. The Kier molecular flexibility index (Phi) is 5.29. The van der Waals surface area contributed by atoms with Crippen molar-refractivity contribution in [3.8, 4) is 5.75 Å². The number of carbonyl (C=O) groups is 1. The number of rotatable bonds is 6. The first-order valence-electron chi connectivity index (χ1n) is 9.29. The molecule has 8 heteroatoms. The van der Waals surface area contributed by atoms with E-state index in [9.17, 15) is 4.79 Å². The molecule has 0 radical (unpaired) electrons. The van der Waals surface area contributed by atoms with Crippen molar-refractivity contribution in [2.75, 3.05) is 13.6 Å². The van der Waals surface area contributed by atoms with E-state index >= 15 is 0 Å². The van der Waals surface area contributed by atoms with E-state index in [1.165, 1.54) is 12.4 Å². The molecule has 4 rings (SSSR count). The maximum Gasteiger partial charge on any atom is 0.243 e. The van der Waals surface area contributed by atoms with Gasteiger partial charge in [-0.2, -0.15) is 0 Å². The van der Waals surface area contributed by atoms with Crippen LogP contribution >= 0.6 is 0 Å². The zero-order valence-electron chi connectivity index (χ0n) is 15.6. The summed E-state index contributed by atoms with van der Waals surface area (Å²) in [5.41, 5.74) is 2.99. The first-order valence-corrected chi connectivity index (χ1v) is 9.29. The first-order chi connectivity index (χ1) is 13.8. The summed E-state index contributed by atoms with van der Waals surface area (Å²) >= 11 is 0. The van der Waals surface area contributed by atoms with Crippen molar-refractivity contribution < 1.29 is 9.53 Å². The number of H-pyrrole nitrogens is 1. The Hall–Kier alpha value is -3.26. The molecule has 1 aromatic carbocycles. The van der Waals surface area contributed by atoms with Crippen molar-refractivity contribution in [3.05, 3.63) is 54.3 Å². The van der Waals surface area contributed by atoms with Crippen molar-refractivity contribution in [1.82, 2.24) is 30.6 Å². The van der Waals surface area contributed by atoms with Gasteiger partial charge in [-0.05, 0) is 31.5 Å². The minimum atomic E-state index is -0.317. The van der Waals surface area contributed by atoms with Gasteiger partial charge in [0.25, 0.3) is 0 Å². The largest absolute Gasteiger partial charge is 0.482 e. The van der Waals surface area contributed by atoms with Crippen LogP contribution in [0, 0.1) is 0 Å². The zero-order valence-corrected chi connectivity index (χ0v) is 15.6. The van der Waals surface area contributed by atoms with E-state index in [2.05, 4.69) is 30.6 Å². The van der Waals surface area contributed by atoms with E-state index < -0.39 is 0 Å². The van der Waals surface area contributed by atoms with Gasteiger partial charge in [0.1, 0.15) is 23.3 Å². The average Bonchev–Trinajstić information content (AvgIpc) is 3.42. The maximum absolute atomic E-state index is 11.6. The topological polar surface area (TPSA) is 105 Å². The van der Waals surface area contributed by atoms with Crippen LogP contribution in [0.2, 0.25) is 0 Å². The number of aromatic amines is 1. The molecule has 8 nitrogen and oxygen atoms in total. The fourth-order valence-electron chi connectivity index (χ4n) is 3.41. The van der Waals surface area contributed by atoms with Crippen LogP contribution in [-0.2, 0) is 4.79 Å². The van der Waals surface area contributed by atoms with Gasteiger partial charge in [-0.1, -0.05) is 18.2 Å². The second-order valence-electron chi connectivity index (χ2n) is 6.59. The summed E-state index contributed by atoms with van der Waals surface area (Å²) < 4.78 is 6.48. The normalized spacial score (nSPS) is 17.8. The van der Waals surface area contributed by atoms with Crippen molar-refractivity contribution in [3.63, 3.8) is 0 Å². The lowest BCUT2D eigenvalue weighted by molar-refractivity contribution is -0.115. The number of imidazole rings is 1. The van der Waals surface area contributed by atoms with Crippen LogP contribution in [-0.4, -0.2) is 45.5 Å². The third-order valence-electron chi connectivity index (χ3n) is 4.82. The smallest absolute Gasteiger partial charge is 0.243 e. The highest BCUT2D eigenvalue weighted by Gasteiger charge is 2.31. The van der Waals surface area contributed by atoms with Gasteiger partial charge in [-0.3, -0.25) is 4.79 Å². The average molecular weight is 378 g/mol. The number of benzene rings is 1. The number of carbonyl (C=O) groups excluding carboxylic acids is 1. The van der Waals surface area contributed by atoms with Crippen molar-refractivity contribution >= 4 is 23.1 Å². The lowest BCUT2D eigenvalue weighted by Crippen LogP contribution is -2.33. The third-order valence-corrected chi connectivity index (χ3v) is 4.82. The molecule has 0 saturated carbocycles. The minimum absolute atomic E-state index is 0.123. The first kappa shape index (κ1) is 18.1. The molecule has 144 valence electrons. The number of para-hydroxylation sites is 1. The van der Waals surface area contributed by atoms with Crippen LogP contribution in [0.4, 0.5) is 0 Å². The lowest BCUT2D eigenvalue weighted by Gasteiger charge is -2.25. The monoisotopic (exact) mass is 378 g/mol. The van der Waals surface area contributed by atoms with Gasteiger partial charge >= 0.3 is 0 Å². The molecule has 0 spiro atoms. The molecule has 1 saturated heterocycles. The molecular weight excluding hydrogens is 356 g/mol. The number of likely N-dealkylation sites (N-methyl/N-ethyl adjacent to an activating group) is 1. The molecule has 3 N–H and O–H groups in total. The maximum atomic E-state index is 11.6. The van der Waals surface area contributed by atoms with Crippen LogP contribution in [0.25, 0.3) is 17.2 Å². The third kappa shape index (κ3) is 3.72. The Balaban J connectivity index is 1.71. The number of amides is 1. The standard InChI is InChI=1S/C20H22N6O2/c1-21-16(27)9-8-13-5-2-3-7-15(13)28-19(14-6-4-10-22-14)17-18-20(25-11-23-17)26-12-24-18/h2-3,5,7-9,11-12,14,19,22H,4,6,10H2,1H3,(H,21,27)(H,23,24,25,26)/t14?,19-/m1/s1. The van der Waals surface area contributed by atoms with Gasteiger partial charge in [0.15, 0.2) is 11.8 Å². The van der Waals surface area contributed by atoms with E-state index in [0.717, 1.165) is 36.2 Å². The minimum Gasteiger partial charge on any atom is -0.482 e. The Morgan fingerprint density at radius 3 is 3.04 bits per heavy atom. The fourth-order valence-corrected chi connectivity index (χ4v) is 3.41. The van der Waals surface area contributed by atoms with Crippen LogP contribution in [0.5, 0.6) is 5.75 Å². The van der Waals surface area contributed by atoms with Gasteiger partial charge in [-0.25, -0.2) is 15.0 Å². The summed E-state index contributed by atoms with van der Waals surface area (Å²) in [7, 11) is 1.60. The van der Waals surface area contributed by atoms with E-state index in [1.54, 1.807) is 19.5 Å². The number of hydrogen-bond donors (Lipinski definition) is 3. The zero-order chi connectivity index (χ0) is 19.3. The van der Waals surface area contributed by atoms with Crippen LogP contribution in [0.3, 0.4) is 0 Å². The van der Waals surface area contributed by atoms with Gasteiger partial charge < -0.3 is 20.4 Å². The van der Waals surface area contributed by atoms with E-state index in [1.807, 2.05) is 24.3 Å². The Bertz CT molecular complexity index is 993. The molecular formula is C20H22N6O2. The summed E-state index contributed by atoms with van der Waals surface area (Å²) in [6.45, 7) is 0.944. The molecule has 2 atom stereocenters. The second-order valence-corrected chi connectivity index (χ2v) is 6.59. The number of aromatic nitrogens is 4. The molecule has 1 amide bonds. The van der Waals surface area contributed by atoms with Crippen molar-refractivity contribution in [2.24, 2.45) is 0 Å². The van der Waals surface area contributed by atoms with E-state index in [4.69, 9.17) is 4.74 Å². The Morgan fingerprint density at radius 1 is 1.32 bits per heavy atom. The molecule has 3 heterocycles. The van der Waals surface area contributed by atoms with Gasteiger partial charge in [0.2, 0.25) is 5.91 Å². The number of hydrogen-bond acceptors (Lipinski definition) is 6. The summed E-state index contributed by atoms with van der Waals surface area (Å²) in [5, 5.41) is 6.09. The quantitative estimate of drug-likeness (QED) is 0.567. The van der Waals surface area contributed by atoms with Crippen LogP contribution in [0.15, 0.2) is 43.0 Å². The molecule has 1 fully saturated rings. The Morgan fingerprint density at radius 2 is 2.21 bits per heavy atom. The molecule has 1 unspecified atom stereocenters. The molecule has 0 bridgehead atoms. The molecule has 1 aliphatic rings. The summed E-state index contributed by atoms with van der Waals surface area (Å²) in [6, 6.07) is 7.77. The highest BCUT2D eigenvalue weighted by Crippen LogP contribution is 2.32. The van der Waals surface area contributed by atoms with Gasteiger partial charge in [0, 0.05) is 18.7 Å². The Labute approximate surface area is 162 Å². The molecule has 0 aliphatic carbocycles. The second kappa shape index (κ2) is 8.18. The van der Waals surface area contributed by atoms with Gasteiger partial charge in [-0.15, -0.1) is 0 Å².